The zero-order valence-corrected chi connectivity index (χ0v) is 14.8. The maximum absolute atomic E-state index is 12.4. The van der Waals surface area contributed by atoms with Crippen LogP contribution in [-0.2, 0) is 16.1 Å². The lowest BCUT2D eigenvalue weighted by Gasteiger charge is -2.08. The maximum Gasteiger partial charge on any atom is 0.337 e. The van der Waals surface area contributed by atoms with Crippen LogP contribution in [0.25, 0.3) is 10.9 Å². The van der Waals surface area contributed by atoms with Gasteiger partial charge >= 0.3 is 5.97 Å². The highest BCUT2D eigenvalue weighted by atomic mass is 16.5. The van der Waals surface area contributed by atoms with Gasteiger partial charge < -0.3 is 10.1 Å². The second-order valence-corrected chi connectivity index (χ2v) is 5.98. The van der Waals surface area contributed by atoms with Gasteiger partial charge in [-0.2, -0.15) is 0 Å². The van der Waals surface area contributed by atoms with Crippen LogP contribution in [0.1, 0.15) is 23.2 Å². The summed E-state index contributed by atoms with van der Waals surface area (Å²) in [5.74, 6) is -0.659. The van der Waals surface area contributed by atoms with Crippen LogP contribution in [0.5, 0.6) is 0 Å². The Labute approximate surface area is 155 Å². The highest BCUT2D eigenvalue weighted by molar-refractivity contribution is 5.94. The molecule has 0 unspecified atom stereocenters. The number of hydrogen-bond donors (Lipinski definition) is 1. The van der Waals surface area contributed by atoms with Gasteiger partial charge in [0, 0.05) is 18.7 Å². The third-order valence-corrected chi connectivity index (χ3v) is 4.10. The van der Waals surface area contributed by atoms with Crippen LogP contribution in [0.3, 0.4) is 0 Å². The van der Waals surface area contributed by atoms with Crippen molar-refractivity contribution in [3.8, 4) is 0 Å². The van der Waals surface area contributed by atoms with Crippen LogP contribution in [-0.4, -0.2) is 28.5 Å². The summed E-state index contributed by atoms with van der Waals surface area (Å²) < 4.78 is 6.17. The van der Waals surface area contributed by atoms with Crippen molar-refractivity contribution in [2.75, 3.05) is 12.4 Å². The summed E-state index contributed by atoms with van der Waals surface area (Å²) in [6.07, 6.45) is 2.23. The molecule has 0 atom stereocenters. The van der Waals surface area contributed by atoms with Gasteiger partial charge in [-0.15, -0.1) is 0 Å². The van der Waals surface area contributed by atoms with E-state index in [4.69, 9.17) is 0 Å². The number of carbonyl (C=O) groups excluding carboxylic acids is 2. The second kappa shape index (κ2) is 8.27. The van der Waals surface area contributed by atoms with Gasteiger partial charge in [0.15, 0.2) is 0 Å². The zero-order valence-electron chi connectivity index (χ0n) is 14.8. The first kappa shape index (κ1) is 18.3. The van der Waals surface area contributed by atoms with Crippen LogP contribution in [0.4, 0.5) is 5.69 Å². The minimum absolute atomic E-state index is 0.119. The zero-order chi connectivity index (χ0) is 19.2. The average molecular weight is 365 g/mol. The molecule has 1 N–H and O–H groups in total. The Balaban J connectivity index is 1.58. The molecule has 3 rings (SSSR count). The van der Waals surface area contributed by atoms with Crippen molar-refractivity contribution in [3.63, 3.8) is 0 Å². The number of aryl methyl sites for hydroxylation is 1. The summed E-state index contributed by atoms with van der Waals surface area (Å²) in [5, 5.41) is 3.30. The van der Waals surface area contributed by atoms with Gasteiger partial charge in [0.05, 0.1) is 29.9 Å². The van der Waals surface area contributed by atoms with E-state index in [2.05, 4.69) is 15.0 Å². The lowest BCUT2D eigenvalue weighted by atomic mass is 10.2. The van der Waals surface area contributed by atoms with Gasteiger partial charge in [0.1, 0.15) is 0 Å². The number of fused-ring (bicyclic) bond motifs is 1. The monoisotopic (exact) mass is 365 g/mol. The van der Waals surface area contributed by atoms with E-state index in [1.54, 1.807) is 42.5 Å². The first-order valence-corrected chi connectivity index (χ1v) is 8.51. The van der Waals surface area contributed by atoms with Gasteiger partial charge in [-0.1, -0.05) is 18.2 Å². The first-order chi connectivity index (χ1) is 13.1. The summed E-state index contributed by atoms with van der Waals surface area (Å²) in [6.45, 7) is 0.395. The number of para-hydroxylation sites is 1. The lowest BCUT2D eigenvalue weighted by Crippen LogP contribution is -2.21. The molecule has 0 aliphatic rings. The number of rotatable bonds is 6. The fraction of sp³-hybridized carbons (Fsp3) is 0.200. The molecule has 1 heterocycles. The van der Waals surface area contributed by atoms with Gasteiger partial charge in [-0.25, -0.2) is 9.78 Å². The molecule has 2 aromatic carbocycles. The largest absolute Gasteiger partial charge is 0.465 e. The maximum atomic E-state index is 12.4. The van der Waals surface area contributed by atoms with Crippen LogP contribution < -0.4 is 10.9 Å². The number of nitrogens with zero attached hydrogens (tertiary/aromatic N) is 2. The van der Waals surface area contributed by atoms with Crippen molar-refractivity contribution < 1.29 is 14.3 Å². The Morgan fingerprint density at radius 2 is 1.96 bits per heavy atom. The Morgan fingerprint density at radius 1 is 1.15 bits per heavy atom. The Kier molecular flexibility index (Phi) is 5.61. The molecule has 3 aromatic rings. The topological polar surface area (TPSA) is 90.3 Å². The van der Waals surface area contributed by atoms with Crippen molar-refractivity contribution in [1.82, 2.24) is 9.55 Å². The molecule has 1 aromatic heterocycles. The number of benzene rings is 2. The lowest BCUT2D eigenvalue weighted by molar-refractivity contribution is -0.116. The smallest absolute Gasteiger partial charge is 0.337 e. The number of aromatic nitrogens is 2. The molecular weight excluding hydrogens is 346 g/mol. The quantitative estimate of drug-likeness (QED) is 0.678. The number of methoxy groups -OCH3 is 1. The van der Waals surface area contributed by atoms with Gasteiger partial charge in [0.2, 0.25) is 5.91 Å². The number of carbonyl (C=O) groups is 2. The minimum Gasteiger partial charge on any atom is -0.465 e. The number of nitrogens with one attached hydrogen (secondary N) is 1. The summed E-state index contributed by atoms with van der Waals surface area (Å²) in [7, 11) is 1.30. The predicted molar refractivity (Wildman–Crippen MR) is 102 cm³/mol. The second-order valence-electron chi connectivity index (χ2n) is 5.98. The molecule has 7 heteroatoms. The number of esters is 1. The summed E-state index contributed by atoms with van der Waals surface area (Å²) >= 11 is 0. The molecule has 0 spiro atoms. The third-order valence-electron chi connectivity index (χ3n) is 4.10. The Hall–Kier alpha value is -3.48. The summed E-state index contributed by atoms with van der Waals surface area (Å²) in [4.78, 5) is 40.3. The van der Waals surface area contributed by atoms with Crippen molar-refractivity contribution in [2.45, 2.75) is 19.4 Å². The fourth-order valence-electron chi connectivity index (χ4n) is 2.74. The molecule has 1 amide bonds. The Bertz CT molecular complexity index is 1040. The van der Waals surface area contributed by atoms with Crippen LogP contribution in [0.2, 0.25) is 0 Å². The minimum atomic E-state index is -0.464. The first-order valence-electron chi connectivity index (χ1n) is 8.51. The number of ether oxygens (including phenoxy) is 1. The van der Waals surface area contributed by atoms with Crippen LogP contribution in [0, 0.1) is 0 Å². The molecule has 0 bridgehead atoms. The highest BCUT2D eigenvalue weighted by Gasteiger charge is 2.08. The van der Waals surface area contributed by atoms with E-state index in [0.717, 1.165) is 0 Å². The number of anilines is 1. The summed E-state index contributed by atoms with van der Waals surface area (Å²) in [5.41, 5.74) is 1.42. The summed E-state index contributed by atoms with van der Waals surface area (Å²) in [6, 6.07) is 13.7. The van der Waals surface area contributed by atoms with Crippen molar-refractivity contribution in [1.29, 1.82) is 0 Å². The fourth-order valence-corrected chi connectivity index (χ4v) is 2.74. The van der Waals surface area contributed by atoms with Crippen molar-refractivity contribution in [3.05, 3.63) is 70.8 Å². The molecule has 27 heavy (non-hydrogen) atoms. The molecule has 0 aliphatic heterocycles. The molecular formula is C20H19N3O4. The van der Waals surface area contributed by atoms with Crippen molar-refractivity contribution >= 4 is 28.5 Å². The average Bonchev–Trinajstić information content (AvgIpc) is 2.69. The number of hydrogen-bond acceptors (Lipinski definition) is 5. The normalized spacial score (nSPS) is 10.6. The van der Waals surface area contributed by atoms with E-state index in [9.17, 15) is 14.4 Å². The molecule has 0 saturated heterocycles. The molecule has 7 nitrogen and oxygen atoms in total. The SMILES string of the molecule is COC(=O)c1cccc(NC(=O)CCCn2cnc3ccccc3c2=O)c1. The van der Waals surface area contributed by atoms with E-state index in [-0.39, 0.29) is 17.9 Å². The van der Waals surface area contributed by atoms with Crippen LogP contribution in [0.15, 0.2) is 59.7 Å². The van der Waals surface area contributed by atoms with E-state index >= 15 is 0 Å². The number of amides is 1. The van der Waals surface area contributed by atoms with E-state index in [1.807, 2.05) is 6.07 Å². The standard InChI is InChI=1S/C20H19N3O4/c1-27-20(26)14-6-4-7-15(12-14)22-18(24)10-5-11-23-13-21-17-9-3-2-8-16(17)19(23)25/h2-4,6-9,12-13H,5,10-11H2,1H3,(H,22,24). The van der Waals surface area contributed by atoms with Crippen LogP contribution >= 0.6 is 0 Å². The highest BCUT2D eigenvalue weighted by Crippen LogP contribution is 2.12. The van der Waals surface area contributed by atoms with E-state index in [1.165, 1.54) is 18.0 Å². The molecule has 0 radical (unpaired) electrons. The van der Waals surface area contributed by atoms with Gasteiger partial charge in [0.25, 0.3) is 5.56 Å². The Morgan fingerprint density at radius 3 is 2.78 bits per heavy atom. The van der Waals surface area contributed by atoms with Crippen molar-refractivity contribution in [2.24, 2.45) is 0 Å². The molecule has 0 saturated carbocycles. The van der Waals surface area contributed by atoms with E-state index in [0.29, 0.717) is 35.1 Å². The predicted octanol–water partition coefficient (Wildman–Crippen LogP) is 2.60. The molecule has 0 fully saturated rings. The third kappa shape index (κ3) is 4.38. The van der Waals surface area contributed by atoms with Gasteiger partial charge in [-0.05, 0) is 36.8 Å². The molecule has 0 aliphatic carbocycles. The van der Waals surface area contributed by atoms with Gasteiger partial charge in [-0.3, -0.25) is 14.2 Å². The van der Waals surface area contributed by atoms with E-state index < -0.39 is 5.97 Å². The molecule has 138 valence electrons.